The Kier molecular flexibility index (Phi) is 5.23. The van der Waals surface area contributed by atoms with Gasteiger partial charge in [0.05, 0.1) is 5.56 Å². The van der Waals surface area contributed by atoms with E-state index >= 15 is 0 Å². The highest BCUT2D eigenvalue weighted by atomic mass is 35.5. The molecular weight excluding hydrogens is 370 g/mol. The van der Waals surface area contributed by atoms with E-state index in [1.807, 2.05) is 0 Å². The fraction of sp³-hybridized carbons (Fsp3) is 0.316. The number of alkyl halides is 3. The molecule has 1 heterocycles. The van der Waals surface area contributed by atoms with Gasteiger partial charge in [-0.15, -0.1) is 0 Å². The van der Waals surface area contributed by atoms with E-state index in [1.165, 1.54) is 24.3 Å². The number of anilines is 1. The number of halogens is 5. The summed E-state index contributed by atoms with van der Waals surface area (Å²) in [6, 6.07) is 10.3. The van der Waals surface area contributed by atoms with Crippen LogP contribution in [0.2, 0.25) is 5.02 Å². The van der Waals surface area contributed by atoms with E-state index in [-0.39, 0.29) is 23.0 Å². The van der Waals surface area contributed by atoms with Gasteiger partial charge < -0.3 is 4.90 Å². The minimum absolute atomic E-state index is 0.0333. The molecule has 0 bridgehead atoms. The summed E-state index contributed by atoms with van der Waals surface area (Å²) in [5.74, 6) is -2.25. The number of rotatable bonds is 3. The van der Waals surface area contributed by atoms with Crippen molar-refractivity contribution >= 4 is 23.1 Å². The lowest BCUT2D eigenvalue weighted by molar-refractivity contribution is -0.0884. The predicted molar refractivity (Wildman–Crippen MR) is 92.4 cm³/mol. The molecule has 1 saturated heterocycles. The Labute approximate surface area is 153 Å². The van der Waals surface area contributed by atoms with Crippen molar-refractivity contribution in [1.82, 2.24) is 0 Å². The van der Waals surface area contributed by atoms with Crippen LogP contribution in [0.15, 0.2) is 42.5 Å². The number of benzene rings is 2. The minimum atomic E-state index is -4.92. The van der Waals surface area contributed by atoms with Crippen molar-refractivity contribution in [2.24, 2.45) is 0 Å². The van der Waals surface area contributed by atoms with Gasteiger partial charge in [0, 0.05) is 23.8 Å². The Morgan fingerprint density at radius 3 is 2.35 bits per heavy atom. The molecule has 0 unspecified atom stereocenters. The molecule has 3 rings (SSSR count). The number of hydrogen-bond donors (Lipinski definition) is 0. The lowest BCUT2D eigenvalue weighted by Gasteiger charge is -2.35. The summed E-state index contributed by atoms with van der Waals surface area (Å²) in [4.78, 5) is 13.4. The van der Waals surface area contributed by atoms with Crippen molar-refractivity contribution in [3.05, 3.63) is 64.4 Å². The molecule has 0 atom stereocenters. The van der Waals surface area contributed by atoms with Gasteiger partial charge in [0.1, 0.15) is 5.82 Å². The third-order valence-electron chi connectivity index (χ3n) is 4.64. The second-order valence-corrected chi connectivity index (χ2v) is 6.71. The molecule has 7 heteroatoms. The van der Waals surface area contributed by atoms with E-state index in [0.717, 1.165) is 0 Å². The standard InChI is InChI=1S/C19H16ClF4NO/c20-13-5-6-14(16(21)11-13)12-7-9-25(10-8-12)17-4-2-1-3-15(17)18(26)19(22,23)24/h1-6,11-12H,7-10H2. The van der Waals surface area contributed by atoms with Gasteiger partial charge in [-0.3, -0.25) is 4.79 Å². The third kappa shape index (κ3) is 3.85. The van der Waals surface area contributed by atoms with E-state index in [1.54, 1.807) is 23.1 Å². The highest BCUT2D eigenvalue weighted by Crippen LogP contribution is 2.35. The number of carbonyl (C=O) groups excluding carboxylic acids is 1. The van der Waals surface area contributed by atoms with E-state index in [4.69, 9.17) is 11.6 Å². The maximum Gasteiger partial charge on any atom is 0.454 e. The molecule has 0 saturated carbocycles. The lowest BCUT2D eigenvalue weighted by Crippen LogP contribution is -2.35. The van der Waals surface area contributed by atoms with Crippen molar-refractivity contribution in [2.45, 2.75) is 24.9 Å². The molecule has 0 aliphatic carbocycles. The third-order valence-corrected chi connectivity index (χ3v) is 4.88. The quantitative estimate of drug-likeness (QED) is 0.505. The summed E-state index contributed by atoms with van der Waals surface area (Å²) in [5, 5.41) is 0.322. The molecule has 1 fully saturated rings. The molecule has 0 N–H and O–H groups in total. The monoisotopic (exact) mass is 385 g/mol. The zero-order valence-electron chi connectivity index (χ0n) is 13.7. The van der Waals surface area contributed by atoms with Gasteiger partial charge in [0.15, 0.2) is 0 Å². The fourth-order valence-corrected chi connectivity index (χ4v) is 3.52. The van der Waals surface area contributed by atoms with Crippen LogP contribution in [0.25, 0.3) is 0 Å². The second-order valence-electron chi connectivity index (χ2n) is 6.27. The number of hydrogen-bond acceptors (Lipinski definition) is 2. The molecular formula is C19H16ClF4NO. The lowest BCUT2D eigenvalue weighted by atomic mass is 9.88. The van der Waals surface area contributed by atoms with Crippen LogP contribution in [0.4, 0.5) is 23.2 Å². The van der Waals surface area contributed by atoms with Crippen LogP contribution in [-0.2, 0) is 0 Å². The molecule has 26 heavy (non-hydrogen) atoms. The van der Waals surface area contributed by atoms with Crippen LogP contribution in [0, 0.1) is 5.82 Å². The van der Waals surface area contributed by atoms with E-state index in [2.05, 4.69) is 0 Å². The molecule has 0 amide bonds. The first kappa shape index (κ1) is 18.7. The average molecular weight is 386 g/mol. The largest absolute Gasteiger partial charge is 0.454 e. The molecule has 0 spiro atoms. The first-order chi connectivity index (χ1) is 12.3. The molecule has 1 aliphatic heterocycles. The van der Waals surface area contributed by atoms with Gasteiger partial charge in [-0.2, -0.15) is 13.2 Å². The average Bonchev–Trinajstić information content (AvgIpc) is 2.60. The molecule has 1 aliphatic rings. The highest BCUT2D eigenvalue weighted by Gasteiger charge is 2.41. The van der Waals surface area contributed by atoms with Crippen molar-refractivity contribution in [1.29, 1.82) is 0 Å². The van der Waals surface area contributed by atoms with Crippen molar-refractivity contribution in [2.75, 3.05) is 18.0 Å². The minimum Gasteiger partial charge on any atom is -0.371 e. The summed E-state index contributed by atoms with van der Waals surface area (Å²) in [6.07, 6.45) is -3.76. The first-order valence-corrected chi connectivity index (χ1v) is 8.55. The van der Waals surface area contributed by atoms with Gasteiger partial charge in [-0.1, -0.05) is 29.8 Å². The van der Waals surface area contributed by atoms with Crippen LogP contribution >= 0.6 is 11.6 Å². The second kappa shape index (κ2) is 7.27. The Hall–Kier alpha value is -2.08. The van der Waals surface area contributed by atoms with Crippen molar-refractivity contribution < 1.29 is 22.4 Å². The van der Waals surface area contributed by atoms with Crippen LogP contribution in [0.3, 0.4) is 0 Å². The Morgan fingerprint density at radius 1 is 1.08 bits per heavy atom. The summed E-state index contributed by atoms with van der Waals surface area (Å²) in [5.41, 5.74) is 0.481. The highest BCUT2D eigenvalue weighted by molar-refractivity contribution is 6.30. The summed E-state index contributed by atoms with van der Waals surface area (Å²) < 4.78 is 52.6. The molecule has 0 aromatic heterocycles. The van der Waals surface area contributed by atoms with Crippen LogP contribution in [0.1, 0.15) is 34.7 Å². The molecule has 2 nitrogen and oxygen atoms in total. The number of carbonyl (C=O) groups is 1. The van der Waals surface area contributed by atoms with E-state index in [0.29, 0.717) is 36.5 Å². The topological polar surface area (TPSA) is 20.3 Å². The normalized spacial score (nSPS) is 16.0. The van der Waals surface area contributed by atoms with Gasteiger partial charge in [-0.25, -0.2) is 4.39 Å². The van der Waals surface area contributed by atoms with E-state index < -0.39 is 12.0 Å². The summed E-state index contributed by atoms with van der Waals surface area (Å²) >= 11 is 5.77. The number of nitrogens with zero attached hydrogens (tertiary/aromatic N) is 1. The molecule has 2 aromatic rings. The zero-order valence-corrected chi connectivity index (χ0v) is 14.4. The Morgan fingerprint density at radius 2 is 1.73 bits per heavy atom. The van der Waals surface area contributed by atoms with Crippen LogP contribution in [-0.4, -0.2) is 25.0 Å². The van der Waals surface area contributed by atoms with Crippen LogP contribution < -0.4 is 4.90 Å². The van der Waals surface area contributed by atoms with E-state index in [9.17, 15) is 22.4 Å². The molecule has 0 radical (unpaired) electrons. The number of piperidine rings is 1. The van der Waals surface area contributed by atoms with Crippen molar-refractivity contribution in [3.8, 4) is 0 Å². The number of para-hydroxylation sites is 1. The number of ketones is 1. The summed E-state index contributed by atoms with van der Waals surface area (Å²) in [6.45, 7) is 0.879. The van der Waals surface area contributed by atoms with Gasteiger partial charge in [-0.05, 0) is 48.6 Å². The van der Waals surface area contributed by atoms with Gasteiger partial charge >= 0.3 is 6.18 Å². The molecule has 2 aromatic carbocycles. The zero-order chi connectivity index (χ0) is 18.9. The maximum absolute atomic E-state index is 14.1. The van der Waals surface area contributed by atoms with Gasteiger partial charge in [0.2, 0.25) is 0 Å². The Bertz CT molecular complexity index is 813. The fourth-order valence-electron chi connectivity index (χ4n) is 3.36. The number of Topliss-reactive ketones (excluding diaryl/α,β-unsaturated/α-hetero) is 1. The summed E-state index contributed by atoms with van der Waals surface area (Å²) in [7, 11) is 0. The van der Waals surface area contributed by atoms with Crippen molar-refractivity contribution in [3.63, 3.8) is 0 Å². The molecule has 138 valence electrons. The predicted octanol–water partition coefficient (Wildman–Crippen LogP) is 5.61. The maximum atomic E-state index is 14.1. The Balaban J connectivity index is 1.78. The first-order valence-electron chi connectivity index (χ1n) is 8.18. The van der Waals surface area contributed by atoms with Gasteiger partial charge in [0.25, 0.3) is 5.78 Å². The van der Waals surface area contributed by atoms with Crippen LogP contribution in [0.5, 0.6) is 0 Å². The smallest absolute Gasteiger partial charge is 0.371 e. The SMILES string of the molecule is O=C(c1ccccc1N1CCC(c2ccc(Cl)cc2F)CC1)C(F)(F)F.